The highest BCUT2D eigenvalue weighted by Crippen LogP contribution is 2.25. The smallest absolute Gasteiger partial charge is 0.323 e. The quantitative estimate of drug-likeness (QED) is 0.783. The Kier molecular flexibility index (Phi) is 5.23. The average Bonchev–Trinajstić information content (AvgIpc) is 3.05. The van der Waals surface area contributed by atoms with E-state index in [0.717, 1.165) is 15.6 Å². The molecule has 0 saturated carbocycles. The minimum atomic E-state index is -3.80. The van der Waals surface area contributed by atoms with E-state index >= 15 is 0 Å². The molecular formula is C12H16N6O3S2. The lowest BCUT2D eigenvalue weighted by molar-refractivity contribution is 0.249. The van der Waals surface area contributed by atoms with E-state index in [1.807, 2.05) is 0 Å². The molecule has 11 heteroatoms. The van der Waals surface area contributed by atoms with Crippen LogP contribution in [-0.4, -0.2) is 55.1 Å². The molecule has 2 aromatic heterocycles. The van der Waals surface area contributed by atoms with Crippen LogP contribution in [0.2, 0.25) is 0 Å². The summed E-state index contributed by atoms with van der Waals surface area (Å²) in [6, 6.07) is 4.86. The fourth-order valence-corrected chi connectivity index (χ4v) is 3.91. The first kappa shape index (κ1) is 17.2. The van der Waals surface area contributed by atoms with Gasteiger partial charge in [-0.25, -0.2) is 13.2 Å². The second-order valence-electron chi connectivity index (χ2n) is 4.55. The van der Waals surface area contributed by atoms with E-state index < -0.39 is 16.1 Å². The van der Waals surface area contributed by atoms with Crippen molar-refractivity contribution >= 4 is 32.5 Å². The number of hydrogen-bond donors (Lipinski definition) is 1. The summed E-state index contributed by atoms with van der Waals surface area (Å²) in [4.78, 5) is 16.8. The van der Waals surface area contributed by atoms with E-state index in [1.54, 1.807) is 24.4 Å². The van der Waals surface area contributed by atoms with Crippen molar-refractivity contribution in [3.8, 4) is 0 Å². The van der Waals surface area contributed by atoms with Crippen LogP contribution >= 0.6 is 11.3 Å². The van der Waals surface area contributed by atoms with E-state index in [0.29, 0.717) is 5.69 Å². The maximum absolute atomic E-state index is 12.5. The second-order valence-corrected chi connectivity index (χ2v) is 7.72. The standard InChI is InChI=1S/C12H16N6O3S2/c1-13-10(19)18(3)11-15-16-12(22-11)23(20,21)17(2)8-9-6-4-5-7-14-9/h4-7H,8H2,1-3H3,(H,13,19). The van der Waals surface area contributed by atoms with Crippen molar-refractivity contribution in [1.29, 1.82) is 0 Å². The summed E-state index contributed by atoms with van der Waals surface area (Å²) in [6.07, 6.45) is 1.59. The number of aromatic nitrogens is 3. The fourth-order valence-electron chi connectivity index (χ4n) is 1.63. The number of pyridine rings is 1. The van der Waals surface area contributed by atoms with Gasteiger partial charge in [-0.2, -0.15) is 4.31 Å². The van der Waals surface area contributed by atoms with Crippen LogP contribution in [0.3, 0.4) is 0 Å². The summed E-state index contributed by atoms with van der Waals surface area (Å²) in [6.45, 7) is 0.114. The molecule has 23 heavy (non-hydrogen) atoms. The maximum atomic E-state index is 12.5. The molecule has 0 unspecified atom stereocenters. The number of rotatable bonds is 5. The summed E-state index contributed by atoms with van der Waals surface area (Å²) in [5, 5.41) is 10.1. The molecule has 2 rings (SSSR count). The van der Waals surface area contributed by atoms with Gasteiger partial charge in [0.25, 0.3) is 10.0 Å². The molecule has 1 N–H and O–H groups in total. The first-order valence-corrected chi connectivity index (χ1v) is 8.77. The van der Waals surface area contributed by atoms with Crippen LogP contribution in [-0.2, 0) is 16.6 Å². The number of urea groups is 1. The van der Waals surface area contributed by atoms with Crippen molar-refractivity contribution in [2.75, 3.05) is 26.0 Å². The van der Waals surface area contributed by atoms with E-state index in [2.05, 4.69) is 20.5 Å². The van der Waals surface area contributed by atoms with Gasteiger partial charge in [0, 0.05) is 27.3 Å². The lowest BCUT2D eigenvalue weighted by atomic mass is 10.3. The molecule has 2 heterocycles. The van der Waals surface area contributed by atoms with E-state index in [-0.39, 0.29) is 16.0 Å². The molecule has 0 aliphatic rings. The Morgan fingerprint density at radius 3 is 2.65 bits per heavy atom. The Balaban J connectivity index is 2.19. The minimum Gasteiger partial charge on any atom is -0.341 e. The Morgan fingerprint density at radius 1 is 1.30 bits per heavy atom. The number of carbonyl (C=O) groups is 1. The first-order chi connectivity index (χ1) is 10.9. The molecular weight excluding hydrogens is 340 g/mol. The van der Waals surface area contributed by atoms with Crippen molar-refractivity contribution in [2.45, 2.75) is 10.9 Å². The summed E-state index contributed by atoms with van der Waals surface area (Å²) in [5.74, 6) is 0. The highest BCUT2D eigenvalue weighted by atomic mass is 32.2. The van der Waals surface area contributed by atoms with Crippen molar-refractivity contribution in [3.63, 3.8) is 0 Å². The highest BCUT2D eigenvalue weighted by molar-refractivity contribution is 7.91. The molecule has 124 valence electrons. The van der Waals surface area contributed by atoms with Gasteiger partial charge >= 0.3 is 6.03 Å². The third-order valence-electron chi connectivity index (χ3n) is 2.94. The number of anilines is 1. The van der Waals surface area contributed by atoms with Crippen molar-refractivity contribution in [3.05, 3.63) is 30.1 Å². The van der Waals surface area contributed by atoms with Crippen LogP contribution in [0.1, 0.15) is 5.69 Å². The van der Waals surface area contributed by atoms with Crippen LogP contribution in [0.5, 0.6) is 0 Å². The van der Waals surface area contributed by atoms with Crippen molar-refractivity contribution < 1.29 is 13.2 Å². The van der Waals surface area contributed by atoms with Gasteiger partial charge in [0.1, 0.15) is 0 Å². The predicted octanol–water partition coefficient (Wildman–Crippen LogP) is 0.529. The molecule has 0 saturated heterocycles. The first-order valence-electron chi connectivity index (χ1n) is 6.51. The molecule has 0 aliphatic heterocycles. The van der Waals surface area contributed by atoms with Gasteiger partial charge < -0.3 is 5.32 Å². The van der Waals surface area contributed by atoms with Crippen LogP contribution in [0.4, 0.5) is 9.93 Å². The van der Waals surface area contributed by atoms with E-state index in [4.69, 9.17) is 0 Å². The largest absolute Gasteiger partial charge is 0.341 e. The summed E-state index contributed by atoms with van der Waals surface area (Å²) >= 11 is 0.823. The number of amides is 2. The molecule has 0 atom stereocenters. The zero-order valence-corrected chi connectivity index (χ0v) is 14.4. The van der Waals surface area contributed by atoms with E-state index in [9.17, 15) is 13.2 Å². The highest BCUT2D eigenvalue weighted by Gasteiger charge is 2.27. The molecule has 0 fully saturated rings. The number of carbonyl (C=O) groups excluding carboxylic acids is 1. The van der Waals surface area contributed by atoms with Gasteiger partial charge in [0.2, 0.25) is 9.47 Å². The third kappa shape index (κ3) is 3.81. The number of hydrogen-bond acceptors (Lipinski definition) is 7. The van der Waals surface area contributed by atoms with Crippen LogP contribution in [0.25, 0.3) is 0 Å². The van der Waals surface area contributed by atoms with Crippen molar-refractivity contribution in [2.24, 2.45) is 0 Å². The summed E-state index contributed by atoms with van der Waals surface area (Å²) in [7, 11) is 0.586. The summed E-state index contributed by atoms with van der Waals surface area (Å²) in [5.41, 5.74) is 0.616. The summed E-state index contributed by atoms with van der Waals surface area (Å²) < 4.78 is 26.0. The number of sulfonamides is 1. The molecule has 0 aliphatic carbocycles. The van der Waals surface area contributed by atoms with Gasteiger partial charge in [-0.05, 0) is 12.1 Å². The zero-order chi connectivity index (χ0) is 17.0. The predicted molar refractivity (Wildman–Crippen MR) is 85.7 cm³/mol. The zero-order valence-electron chi connectivity index (χ0n) is 12.8. The minimum absolute atomic E-state index is 0.114. The normalized spacial score (nSPS) is 11.5. The monoisotopic (exact) mass is 356 g/mol. The topological polar surface area (TPSA) is 108 Å². The van der Waals surface area contributed by atoms with Gasteiger partial charge in [0.05, 0.1) is 12.2 Å². The molecule has 2 aromatic rings. The molecule has 0 bridgehead atoms. The molecule has 0 spiro atoms. The number of nitrogens with one attached hydrogen (secondary N) is 1. The lowest BCUT2D eigenvalue weighted by Crippen LogP contribution is -2.34. The van der Waals surface area contributed by atoms with Gasteiger partial charge in [-0.1, -0.05) is 17.4 Å². The van der Waals surface area contributed by atoms with Crippen LogP contribution in [0, 0.1) is 0 Å². The van der Waals surface area contributed by atoms with E-state index in [1.165, 1.54) is 26.0 Å². The lowest BCUT2D eigenvalue weighted by Gasteiger charge is -2.14. The SMILES string of the molecule is CNC(=O)N(C)c1nnc(S(=O)(=O)N(C)Cc2ccccn2)s1. The third-order valence-corrected chi connectivity index (χ3v) is 6.09. The van der Waals surface area contributed by atoms with Gasteiger partial charge in [-0.15, -0.1) is 10.2 Å². The second kappa shape index (κ2) is 6.98. The maximum Gasteiger partial charge on any atom is 0.323 e. The molecule has 9 nitrogen and oxygen atoms in total. The van der Waals surface area contributed by atoms with Crippen molar-refractivity contribution in [1.82, 2.24) is 24.8 Å². The molecule has 0 aromatic carbocycles. The molecule has 2 amide bonds. The molecule has 0 radical (unpaired) electrons. The Labute approximate surface area is 138 Å². The van der Waals surface area contributed by atoms with Gasteiger partial charge in [-0.3, -0.25) is 9.88 Å². The Morgan fingerprint density at radius 2 is 2.04 bits per heavy atom. The van der Waals surface area contributed by atoms with Crippen LogP contribution < -0.4 is 10.2 Å². The van der Waals surface area contributed by atoms with Gasteiger partial charge in [0.15, 0.2) is 0 Å². The van der Waals surface area contributed by atoms with Crippen LogP contribution in [0.15, 0.2) is 28.7 Å². The fraction of sp³-hybridized carbons (Fsp3) is 0.333. The average molecular weight is 356 g/mol. The number of nitrogens with zero attached hydrogens (tertiary/aromatic N) is 5. The Hall–Kier alpha value is -2.11. The Bertz CT molecular complexity index is 777.